The van der Waals surface area contributed by atoms with Gasteiger partial charge in [-0.1, -0.05) is 37.6 Å². The minimum absolute atomic E-state index is 0.387. The molecule has 0 amide bonds. The van der Waals surface area contributed by atoms with E-state index in [4.69, 9.17) is 11.6 Å². The third-order valence-electron chi connectivity index (χ3n) is 4.49. The molecule has 106 valence electrons. The third-order valence-corrected chi connectivity index (χ3v) is 4.82. The summed E-state index contributed by atoms with van der Waals surface area (Å²) < 4.78 is 0. The van der Waals surface area contributed by atoms with Gasteiger partial charge in [-0.2, -0.15) is 0 Å². The van der Waals surface area contributed by atoms with E-state index in [9.17, 15) is 0 Å². The van der Waals surface area contributed by atoms with Gasteiger partial charge in [0, 0.05) is 11.1 Å². The van der Waals surface area contributed by atoms with Crippen LogP contribution in [0.3, 0.4) is 0 Å². The van der Waals surface area contributed by atoms with Crippen LogP contribution >= 0.6 is 11.6 Å². The molecule has 0 spiro atoms. The lowest BCUT2D eigenvalue weighted by Crippen LogP contribution is -2.31. The van der Waals surface area contributed by atoms with Gasteiger partial charge in [0.15, 0.2) is 0 Å². The Labute approximate surface area is 122 Å². The third kappa shape index (κ3) is 3.52. The summed E-state index contributed by atoms with van der Waals surface area (Å²) in [6, 6.07) is 6.83. The van der Waals surface area contributed by atoms with Crippen molar-refractivity contribution in [2.45, 2.75) is 46.1 Å². The zero-order valence-corrected chi connectivity index (χ0v) is 13.3. The van der Waals surface area contributed by atoms with E-state index < -0.39 is 0 Å². The highest BCUT2D eigenvalue weighted by Gasteiger charge is 2.30. The average molecular weight is 280 g/mol. The molecule has 0 aliphatic heterocycles. The fraction of sp³-hybridized carbons (Fsp3) is 0.647. The molecule has 1 saturated carbocycles. The average Bonchev–Trinajstić information content (AvgIpc) is 2.31. The van der Waals surface area contributed by atoms with Crippen molar-refractivity contribution in [1.29, 1.82) is 0 Å². The van der Waals surface area contributed by atoms with Gasteiger partial charge in [-0.15, -0.1) is 0 Å². The molecule has 1 aliphatic carbocycles. The van der Waals surface area contributed by atoms with Crippen LogP contribution in [0.4, 0.5) is 0 Å². The van der Waals surface area contributed by atoms with Gasteiger partial charge in [0.2, 0.25) is 0 Å². The zero-order chi connectivity index (χ0) is 14.0. The maximum Gasteiger partial charge on any atom is 0.0456 e. The first-order chi connectivity index (χ1) is 9.01. The Hall–Kier alpha value is -0.530. The Morgan fingerprint density at radius 3 is 2.32 bits per heavy atom. The molecule has 3 unspecified atom stereocenters. The van der Waals surface area contributed by atoms with Gasteiger partial charge in [-0.25, -0.2) is 0 Å². The number of aryl methyl sites for hydroxylation is 1. The minimum atomic E-state index is 0.387. The molecule has 3 atom stereocenters. The molecule has 0 saturated heterocycles. The summed E-state index contributed by atoms with van der Waals surface area (Å²) in [6.07, 6.45) is 3.98. The highest BCUT2D eigenvalue weighted by molar-refractivity contribution is 6.31. The summed E-state index contributed by atoms with van der Waals surface area (Å²) in [6.45, 7) is 6.85. The van der Waals surface area contributed by atoms with Crippen LogP contribution in [0.25, 0.3) is 0 Å². The predicted molar refractivity (Wildman–Crippen MR) is 83.7 cm³/mol. The van der Waals surface area contributed by atoms with Gasteiger partial charge >= 0.3 is 0 Å². The summed E-state index contributed by atoms with van der Waals surface area (Å²) in [5.74, 6) is 2.35. The van der Waals surface area contributed by atoms with Crippen molar-refractivity contribution in [2.75, 3.05) is 7.05 Å². The molecule has 0 heterocycles. The first-order valence-corrected chi connectivity index (χ1v) is 7.82. The van der Waals surface area contributed by atoms with E-state index >= 15 is 0 Å². The van der Waals surface area contributed by atoms with Crippen molar-refractivity contribution in [2.24, 2.45) is 17.8 Å². The van der Waals surface area contributed by atoms with Gasteiger partial charge in [-0.05, 0) is 68.2 Å². The van der Waals surface area contributed by atoms with Crippen LogP contribution in [0.1, 0.15) is 50.3 Å². The van der Waals surface area contributed by atoms with Gasteiger partial charge in [0.25, 0.3) is 0 Å². The Kier molecular flexibility index (Phi) is 4.92. The molecular formula is C17H26ClN. The second-order valence-electron chi connectivity index (χ2n) is 6.47. The highest BCUT2D eigenvalue weighted by Crippen LogP contribution is 2.41. The van der Waals surface area contributed by atoms with E-state index in [0.717, 1.165) is 16.9 Å². The standard InChI is InChI=1S/C17H26ClN/c1-11-5-6-15(16(18)10-11)17(19-4)14-8-12(2)7-13(3)9-14/h5-6,10,12-14,17,19H,7-9H2,1-4H3. The van der Waals surface area contributed by atoms with E-state index in [1.165, 1.54) is 30.4 Å². The molecule has 1 aromatic carbocycles. The second-order valence-corrected chi connectivity index (χ2v) is 6.88. The monoisotopic (exact) mass is 279 g/mol. The molecule has 0 radical (unpaired) electrons. The topological polar surface area (TPSA) is 12.0 Å². The molecule has 1 nitrogen and oxygen atoms in total. The molecule has 1 N–H and O–H groups in total. The number of hydrogen-bond acceptors (Lipinski definition) is 1. The minimum Gasteiger partial charge on any atom is -0.313 e. The summed E-state index contributed by atoms with van der Waals surface area (Å²) in [4.78, 5) is 0. The second kappa shape index (κ2) is 6.28. The lowest BCUT2D eigenvalue weighted by Gasteiger charge is -2.37. The highest BCUT2D eigenvalue weighted by atomic mass is 35.5. The SMILES string of the molecule is CNC(c1ccc(C)cc1Cl)C1CC(C)CC(C)C1. The maximum atomic E-state index is 6.46. The van der Waals surface area contributed by atoms with E-state index in [1.807, 2.05) is 0 Å². The number of benzene rings is 1. The van der Waals surface area contributed by atoms with E-state index in [0.29, 0.717) is 12.0 Å². The first kappa shape index (κ1) is 14.9. The quantitative estimate of drug-likeness (QED) is 0.823. The van der Waals surface area contributed by atoms with Crippen LogP contribution in [0.2, 0.25) is 5.02 Å². The number of hydrogen-bond donors (Lipinski definition) is 1. The van der Waals surface area contributed by atoms with Gasteiger partial charge in [0.05, 0.1) is 0 Å². The lowest BCUT2D eigenvalue weighted by atomic mass is 9.72. The predicted octanol–water partition coefficient (Wildman–Crippen LogP) is 4.98. The van der Waals surface area contributed by atoms with Crippen LogP contribution < -0.4 is 5.32 Å². The molecule has 1 aromatic rings. The molecule has 0 aromatic heterocycles. The van der Waals surface area contributed by atoms with Crippen LogP contribution in [0, 0.1) is 24.7 Å². The number of halogens is 1. The van der Waals surface area contributed by atoms with Crippen molar-refractivity contribution in [3.63, 3.8) is 0 Å². The van der Waals surface area contributed by atoms with Crippen molar-refractivity contribution in [3.8, 4) is 0 Å². The van der Waals surface area contributed by atoms with Crippen molar-refractivity contribution < 1.29 is 0 Å². The van der Waals surface area contributed by atoms with Crippen LogP contribution in [0.5, 0.6) is 0 Å². The molecule has 0 bridgehead atoms. The van der Waals surface area contributed by atoms with E-state index in [-0.39, 0.29) is 0 Å². The molecule has 1 fully saturated rings. The fourth-order valence-corrected chi connectivity index (χ4v) is 4.16. The van der Waals surface area contributed by atoms with Crippen LogP contribution in [-0.2, 0) is 0 Å². The summed E-state index contributed by atoms with van der Waals surface area (Å²) in [5, 5.41) is 4.41. The first-order valence-electron chi connectivity index (χ1n) is 7.44. The maximum absolute atomic E-state index is 6.46. The number of nitrogens with one attached hydrogen (secondary N) is 1. The van der Waals surface area contributed by atoms with Crippen molar-refractivity contribution in [1.82, 2.24) is 5.32 Å². The normalized spacial score (nSPS) is 29.2. The Morgan fingerprint density at radius 1 is 1.16 bits per heavy atom. The molecule has 1 aliphatic rings. The molecular weight excluding hydrogens is 254 g/mol. The molecule has 2 heteroatoms. The summed E-state index contributed by atoms with van der Waals surface area (Å²) in [5.41, 5.74) is 2.50. The zero-order valence-electron chi connectivity index (χ0n) is 12.5. The number of rotatable bonds is 3. The van der Waals surface area contributed by atoms with Gasteiger partial charge in [0.1, 0.15) is 0 Å². The van der Waals surface area contributed by atoms with Crippen LogP contribution in [0.15, 0.2) is 18.2 Å². The van der Waals surface area contributed by atoms with E-state index in [2.05, 4.69) is 51.3 Å². The van der Waals surface area contributed by atoms with Crippen molar-refractivity contribution >= 4 is 11.6 Å². The molecule has 19 heavy (non-hydrogen) atoms. The lowest BCUT2D eigenvalue weighted by molar-refractivity contribution is 0.180. The molecule has 2 rings (SSSR count). The van der Waals surface area contributed by atoms with Crippen LogP contribution in [-0.4, -0.2) is 7.05 Å². The smallest absolute Gasteiger partial charge is 0.0456 e. The largest absolute Gasteiger partial charge is 0.313 e. The van der Waals surface area contributed by atoms with Crippen molar-refractivity contribution in [3.05, 3.63) is 34.3 Å². The fourth-order valence-electron chi connectivity index (χ4n) is 3.81. The van der Waals surface area contributed by atoms with E-state index in [1.54, 1.807) is 0 Å². The van der Waals surface area contributed by atoms with Gasteiger partial charge in [-0.3, -0.25) is 0 Å². The Morgan fingerprint density at radius 2 is 1.79 bits per heavy atom. The summed E-state index contributed by atoms with van der Waals surface area (Å²) >= 11 is 6.46. The van der Waals surface area contributed by atoms with Gasteiger partial charge < -0.3 is 5.32 Å². The summed E-state index contributed by atoms with van der Waals surface area (Å²) in [7, 11) is 2.06. The Balaban J connectivity index is 2.23. The Bertz CT molecular complexity index is 419.